The van der Waals surface area contributed by atoms with E-state index in [0.29, 0.717) is 27.3 Å². The number of carbonyl (C=O) groups is 2. The maximum atomic E-state index is 12.4. The molecular weight excluding hydrogens is 372 g/mol. The quantitative estimate of drug-likeness (QED) is 0.376. The second kappa shape index (κ2) is 7.63. The predicted octanol–water partition coefficient (Wildman–Crippen LogP) is 3.88. The van der Waals surface area contributed by atoms with Crippen LogP contribution in [0.3, 0.4) is 0 Å². The largest absolute Gasteiger partial charge is 0.497 e. The van der Waals surface area contributed by atoms with Crippen LogP contribution in [-0.4, -0.2) is 25.0 Å². The molecule has 0 spiro atoms. The number of Topliss-reactive ketones (excluding diaryl/α,β-unsaturated/α-hetero) is 1. The molecule has 1 aromatic heterocycles. The van der Waals surface area contributed by atoms with Crippen molar-refractivity contribution >= 4 is 34.3 Å². The summed E-state index contributed by atoms with van der Waals surface area (Å²) in [4.78, 5) is 36.8. The summed E-state index contributed by atoms with van der Waals surface area (Å²) >= 11 is 5.80. The van der Waals surface area contributed by atoms with Gasteiger partial charge in [0.05, 0.1) is 7.11 Å². The molecule has 0 radical (unpaired) electrons. The summed E-state index contributed by atoms with van der Waals surface area (Å²) in [6.07, 6.45) is -1.08. The van der Waals surface area contributed by atoms with Crippen molar-refractivity contribution in [1.29, 1.82) is 0 Å². The van der Waals surface area contributed by atoms with Crippen molar-refractivity contribution in [2.45, 2.75) is 13.0 Å². The van der Waals surface area contributed by atoms with Crippen LogP contribution >= 0.6 is 11.6 Å². The Morgan fingerprint density at radius 2 is 1.78 bits per heavy atom. The van der Waals surface area contributed by atoms with Crippen LogP contribution in [0.15, 0.2) is 57.7 Å². The van der Waals surface area contributed by atoms with Crippen molar-refractivity contribution in [2.24, 2.45) is 0 Å². The molecule has 0 N–H and O–H groups in total. The highest BCUT2D eigenvalue weighted by atomic mass is 35.5. The number of benzene rings is 2. The van der Waals surface area contributed by atoms with E-state index in [1.165, 1.54) is 32.2 Å². The monoisotopic (exact) mass is 386 g/mol. The molecule has 3 rings (SSSR count). The first-order chi connectivity index (χ1) is 12.9. The number of esters is 1. The van der Waals surface area contributed by atoms with Gasteiger partial charge < -0.3 is 13.9 Å². The van der Waals surface area contributed by atoms with Gasteiger partial charge in [-0.1, -0.05) is 11.6 Å². The summed E-state index contributed by atoms with van der Waals surface area (Å²) in [6.45, 7) is 1.43. The van der Waals surface area contributed by atoms with Crippen molar-refractivity contribution in [2.75, 3.05) is 7.11 Å². The lowest BCUT2D eigenvalue weighted by Crippen LogP contribution is -2.27. The van der Waals surface area contributed by atoms with Gasteiger partial charge in [0, 0.05) is 16.0 Å². The SMILES string of the molecule is COc1ccc2oc(=O)c(C(=O)O[C@H](C)C(=O)c3ccc(Cl)cc3)cc2c1. The first-order valence-electron chi connectivity index (χ1n) is 8.01. The number of fused-ring (bicyclic) bond motifs is 1. The molecule has 0 fully saturated rings. The maximum Gasteiger partial charge on any atom is 0.351 e. The Balaban J connectivity index is 1.84. The van der Waals surface area contributed by atoms with E-state index < -0.39 is 23.5 Å². The Morgan fingerprint density at radius 3 is 2.44 bits per heavy atom. The van der Waals surface area contributed by atoms with E-state index in [0.717, 1.165) is 0 Å². The Hall–Kier alpha value is -3.12. The van der Waals surface area contributed by atoms with Gasteiger partial charge in [-0.05, 0) is 55.5 Å². The van der Waals surface area contributed by atoms with Crippen molar-refractivity contribution in [1.82, 2.24) is 0 Å². The lowest BCUT2D eigenvalue weighted by Gasteiger charge is -2.12. The fourth-order valence-electron chi connectivity index (χ4n) is 2.50. The highest BCUT2D eigenvalue weighted by molar-refractivity contribution is 6.30. The van der Waals surface area contributed by atoms with E-state index in [4.69, 9.17) is 25.5 Å². The number of hydrogen-bond donors (Lipinski definition) is 0. The second-order valence-corrected chi connectivity index (χ2v) is 6.21. The number of ether oxygens (including phenoxy) is 2. The molecule has 27 heavy (non-hydrogen) atoms. The molecular formula is C20H15ClO6. The minimum Gasteiger partial charge on any atom is -0.497 e. The lowest BCUT2D eigenvalue weighted by molar-refractivity contribution is 0.0315. The third-order valence-corrected chi connectivity index (χ3v) is 4.19. The minimum atomic E-state index is -1.08. The summed E-state index contributed by atoms with van der Waals surface area (Å²) < 4.78 is 15.4. The fourth-order valence-corrected chi connectivity index (χ4v) is 2.62. The van der Waals surface area contributed by atoms with Crippen molar-refractivity contribution in [3.05, 3.63) is 75.1 Å². The number of rotatable bonds is 5. The summed E-state index contributed by atoms with van der Waals surface area (Å²) in [5.41, 5.74) is -0.493. The molecule has 0 saturated heterocycles. The first kappa shape index (κ1) is 18.7. The van der Waals surface area contributed by atoms with Crippen LogP contribution in [-0.2, 0) is 4.74 Å². The summed E-state index contributed by atoms with van der Waals surface area (Å²) in [6, 6.07) is 12.4. The van der Waals surface area contributed by atoms with E-state index in [1.54, 1.807) is 30.3 Å². The molecule has 6 nitrogen and oxygen atoms in total. The molecule has 138 valence electrons. The highest BCUT2D eigenvalue weighted by Gasteiger charge is 2.23. The molecule has 7 heteroatoms. The van der Waals surface area contributed by atoms with Gasteiger partial charge in [-0.3, -0.25) is 4.79 Å². The van der Waals surface area contributed by atoms with Crippen LogP contribution in [0, 0.1) is 0 Å². The van der Waals surface area contributed by atoms with Crippen molar-refractivity contribution in [3.8, 4) is 5.75 Å². The molecule has 0 unspecified atom stereocenters. The third-order valence-electron chi connectivity index (χ3n) is 3.94. The van der Waals surface area contributed by atoms with Crippen molar-refractivity contribution < 1.29 is 23.5 Å². The Kier molecular flexibility index (Phi) is 5.28. The number of halogens is 1. The molecule has 1 atom stereocenters. The minimum absolute atomic E-state index is 0.300. The lowest BCUT2D eigenvalue weighted by atomic mass is 10.1. The molecule has 0 bridgehead atoms. The van der Waals surface area contributed by atoms with Crippen LogP contribution in [0.2, 0.25) is 5.02 Å². The number of hydrogen-bond acceptors (Lipinski definition) is 6. The van der Waals surface area contributed by atoms with Gasteiger partial charge in [-0.25, -0.2) is 9.59 Å². The smallest absolute Gasteiger partial charge is 0.351 e. The molecule has 0 aliphatic rings. The molecule has 0 saturated carbocycles. The van der Waals surface area contributed by atoms with Gasteiger partial charge in [-0.2, -0.15) is 0 Å². The normalized spacial score (nSPS) is 11.8. The second-order valence-electron chi connectivity index (χ2n) is 5.77. The standard InChI is InChI=1S/C20H15ClO6/c1-11(18(22)12-3-5-14(21)6-4-12)26-19(23)16-10-13-9-15(25-2)7-8-17(13)27-20(16)24/h3-11H,1-2H3/t11-/m1/s1. The summed E-state index contributed by atoms with van der Waals surface area (Å²) in [5.74, 6) is -0.808. The molecule has 3 aromatic rings. The zero-order valence-corrected chi connectivity index (χ0v) is 15.3. The molecule has 2 aromatic carbocycles. The first-order valence-corrected chi connectivity index (χ1v) is 8.39. The third kappa shape index (κ3) is 4.01. The van der Waals surface area contributed by atoms with Crippen LogP contribution in [0.5, 0.6) is 5.75 Å². The maximum absolute atomic E-state index is 12.4. The van der Waals surface area contributed by atoms with Crippen LogP contribution in [0.25, 0.3) is 11.0 Å². The zero-order chi connectivity index (χ0) is 19.6. The summed E-state index contributed by atoms with van der Waals surface area (Å²) in [5, 5.41) is 0.984. The van der Waals surface area contributed by atoms with E-state index in [1.807, 2.05) is 0 Å². The Labute approximate surface area is 159 Å². The Morgan fingerprint density at radius 1 is 1.07 bits per heavy atom. The predicted molar refractivity (Wildman–Crippen MR) is 99.7 cm³/mol. The zero-order valence-electron chi connectivity index (χ0n) is 14.5. The van der Waals surface area contributed by atoms with Gasteiger partial charge in [0.1, 0.15) is 16.9 Å². The topological polar surface area (TPSA) is 82.8 Å². The average Bonchev–Trinajstić information content (AvgIpc) is 2.67. The van der Waals surface area contributed by atoms with E-state index in [-0.39, 0.29) is 5.56 Å². The van der Waals surface area contributed by atoms with Crippen LogP contribution in [0.4, 0.5) is 0 Å². The molecule has 0 aliphatic heterocycles. The Bertz CT molecular complexity index is 1070. The highest BCUT2D eigenvalue weighted by Crippen LogP contribution is 2.21. The molecule has 0 amide bonds. The number of ketones is 1. The fraction of sp³-hybridized carbons (Fsp3) is 0.150. The van der Waals surface area contributed by atoms with E-state index in [2.05, 4.69) is 0 Å². The number of carbonyl (C=O) groups excluding carboxylic acids is 2. The summed E-state index contributed by atoms with van der Waals surface area (Å²) in [7, 11) is 1.50. The van der Waals surface area contributed by atoms with Crippen LogP contribution < -0.4 is 10.4 Å². The molecule has 0 aliphatic carbocycles. The van der Waals surface area contributed by atoms with E-state index in [9.17, 15) is 14.4 Å². The number of methoxy groups -OCH3 is 1. The van der Waals surface area contributed by atoms with Gasteiger partial charge >= 0.3 is 11.6 Å². The van der Waals surface area contributed by atoms with Crippen molar-refractivity contribution in [3.63, 3.8) is 0 Å². The van der Waals surface area contributed by atoms with Gasteiger partial charge in [0.25, 0.3) is 0 Å². The van der Waals surface area contributed by atoms with Gasteiger partial charge in [0.2, 0.25) is 5.78 Å². The van der Waals surface area contributed by atoms with Crippen LogP contribution in [0.1, 0.15) is 27.6 Å². The van der Waals surface area contributed by atoms with E-state index >= 15 is 0 Å². The molecule has 1 heterocycles. The average molecular weight is 387 g/mol. The van der Waals surface area contributed by atoms with Gasteiger partial charge in [0.15, 0.2) is 6.10 Å². The van der Waals surface area contributed by atoms with Gasteiger partial charge in [-0.15, -0.1) is 0 Å².